The lowest BCUT2D eigenvalue weighted by atomic mass is 9.87. The number of hydrogen-bond donors (Lipinski definition) is 2. The summed E-state index contributed by atoms with van der Waals surface area (Å²) in [6, 6.07) is 5.81. The van der Waals surface area contributed by atoms with Crippen molar-refractivity contribution in [2.24, 2.45) is 5.41 Å². The molecule has 1 aromatic heterocycles. The van der Waals surface area contributed by atoms with Gasteiger partial charge in [-0.25, -0.2) is 9.37 Å². The summed E-state index contributed by atoms with van der Waals surface area (Å²) in [5.74, 6) is -0.135. The molecule has 0 aliphatic heterocycles. The number of halogens is 1. The number of carbonyl (C=O) groups excluding carboxylic acids is 1. The molecule has 1 aromatic carbocycles. The maximum absolute atomic E-state index is 12.9. The molecule has 0 bridgehead atoms. The van der Waals surface area contributed by atoms with Crippen LogP contribution >= 0.6 is 0 Å². The number of rotatable bonds is 7. The van der Waals surface area contributed by atoms with E-state index in [4.69, 9.17) is 4.42 Å². The van der Waals surface area contributed by atoms with Gasteiger partial charge in [0.1, 0.15) is 12.1 Å². The lowest BCUT2D eigenvalue weighted by Gasteiger charge is -2.26. The Bertz CT molecular complexity index is 678. The van der Waals surface area contributed by atoms with Crippen molar-refractivity contribution >= 4 is 5.91 Å². The van der Waals surface area contributed by atoms with Gasteiger partial charge < -0.3 is 14.8 Å². The Morgan fingerprint density at radius 2 is 2.04 bits per heavy atom. The second kappa shape index (κ2) is 7.57. The highest BCUT2D eigenvalue weighted by Crippen LogP contribution is 2.21. The fraction of sp³-hybridized carbons (Fsp3) is 0.444. The van der Waals surface area contributed by atoms with Gasteiger partial charge in [0.15, 0.2) is 0 Å². The summed E-state index contributed by atoms with van der Waals surface area (Å²) in [4.78, 5) is 16.3. The molecule has 0 aliphatic rings. The predicted octanol–water partition coefficient (Wildman–Crippen LogP) is 2.94. The Balaban J connectivity index is 1.90. The van der Waals surface area contributed by atoms with Crippen molar-refractivity contribution in [2.75, 3.05) is 6.54 Å². The number of aliphatic hydroxyl groups excluding tert-OH is 1. The van der Waals surface area contributed by atoms with E-state index in [9.17, 15) is 14.3 Å². The van der Waals surface area contributed by atoms with E-state index in [-0.39, 0.29) is 23.6 Å². The molecule has 0 radical (unpaired) electrons. The third-order valence-corrected chi connectivity index (χ3v) is 3.60. The van der Waals surface area contributed by atoms with Crippen molar-refractivity contribution in [3.05, 3.63) is 42.0 Å². The number of amides is 1. The van der Waals surface area contributed by atoms with Crippen LogP contribution < -0.4 is 5.32 Å². The molecule has 1 heterocycles. The van der Waals surface area contributed by atoms with Gasteiger partial charge in [0.2, 0.25) is 11.8 Å². The van der Waals surface area contributed by atoms with Crippen LogP contribution in [0.3, 0.4) is 0 Å². The van der Waals surface area contributed by atoms with Gasteiger partial charge in [-0.1, -0.05) is 13.8 Å². The molecule has 1 amide bonds. The van der Waals surface area contributed by atoms with Gasteiger partial charge >= 0.3 is 0 Å². The fourth-order valence-electron chi connectivity index (χ4n) is 2.55. The lowest BCUT2D eigenvalue weighted by Crippen LogP contribution is -2.36. The number of hydrogen-bond acceptors (Lipinski definition) is 4. The summed E-state index contributed by atoms with van der Waals surface area (Å²) < 4.78 is 18.3. The van der Waals surface area contributed by atoms with E-state index in [0.29, 0.717) is 30.1 Å². The number of carbonyl (C=O) groups is 1. The van der Waals surface area contributed by atoms with Gasteiger partial charge in [0, 0.05) is 12.1 Å². The van der Waals surface area contributed by atoms with E-state index in [1.165, 1.54) is 18.4 Å². The summed E-state index contributed by atoms with van der Waals surface area (Å²) in [6.07, 6.45) is 1.73. The highest BCUT2D eigenvalue weighted by atomic mass is 19.1. The molecule has 2 N–H and O–H groups in total. The highest BCUT2D eigenvalue weighted by molar-refractivity contribution is 5.78. The minimum atomic E-state index is -0.411. The predicted molar refractivity (Wildman–Crippen MR) is 88.7 cm³/mol. The van der Waals surface area contributed by atoms with E-state index in [0.717, 1.165) is 0 Å². The molecule has 0 saturated heterocycles. The number of benzene rings is 1. The van der Waals surface area contributed by atoms with Gasteiger partial charge in [0.25, 0.3) is 0 Å². The van der Waals surface area contributed by atoms with Crippen molar-refractivity contribution in [1.29, 1.82) is 0 Å². The minimum absolute atomic E-state index is 0.107. The Morgan fingerprint density at radius 1 is 1.38 bits per heavy atom. The molecule has 0 saturated carbocycles. The summed E-state index contributed by atoms with van der Waals surface area (Å²) in [6.45, 7) is 6.18. The molecule has 6 heteroatoms. The second-order valence-corrected chi connectivity index (χ2v) is 6.82. The quantitative estimate of drug-likeness (QED) is 0.816. The zero-order valence-electron chi connectivity index (χ0n) is 14.2. The molecule has 0 fully saturated rings. The number of nitrogens with zero attached hydrogens (tertiary/aromatic N) is 1. The van der Waals surface area contributed by atoms with Crippen LogP contribution in [0.1, 0.15) is 32.9 Å². The van der Waals surface area contributed by atoms with Crippen LogP contribution in [0.2, 0.25) is 0 Å². The average molecular weight is 334 g/mol. The Hall–Kier alpha value is -2.21. The van der Waals surface area contributed by atoms with Gasteiger partial charge in [-0.05, 0) is 43.0 Å². The van der Waals surface area contributed by atoms with Crippen molar-refractivity contribution in [2.45, 2.75) is 39.7 Å². The van der Waals surface area contributed by atoms with E-state index in [2.05, 4.69) is 10.3 Å². The third-order valence-electron chi connectivity index (χ3n) is 3.60. The molecular weight excluding hydrogens is 311 g/mol. The molecule has 0 spiro atoms. The summed E-state index contributed by atoms with van der Waals surface area (Å²) >= 11 is 0. The highest BCUT2D eigenvalue weighted by Gasteiger charge is 2.21. The van der Waals surface area contributed by atoms with Gasteiger partial charge in [0.05, 0.1) is 18.2 Å². The van der Waals surface area contributed by atoms with E-state index in [1.807, 2.05) is 13.8 Å². The van der Waals surface area contributed by atoms with Gasteiger partial charge in [-0.15, -0.1) is 0 Å². The van der Waals surface area contributed by atoms with Crippen molar-refractivity contribution in [1.82, 2.24) is 10.3 Å². The third kappa shape index (κ3) is 5.45. The topological polar surface area (TPSA) is 75.4 Å². The second-order valence-electron chi connectivity index (χ2n) is 6.82. The molecule has 5 nitrogen and oxygen atoms in total. The minimum Gasteiger partial charge on any atom is -0.444 e. The number of oxazole rings is 1. The van der Waals surface area contributed by atoms with Crippen LogP contribution in [0.15, 0.2) is 34.9 Å². The van der Waals surface area contributed by atoms with Crippen LogP contribution in [0.5, 0.6) is 0 Å². The number of aliphatic hydroxyl groups is 1. The van der Waals surface area contributed by atoms with Crippen LogP contribution in [0.4, 0.5) is 4.39 Å². The first kappa shape index (κ1) is 18.1. The molecule has 2 aromatic rings. The van der Waals surface area contributed by atoms with Crippen LogP contribution in [0.25, 0.3) is 11.5 Å². The molecular formula is C18H23FN2O3. The Kier molecular flexibility index (Phi) is 5.72. The first-order valence-corrected chi connectivity index (χ1v) is 7.90. The van der Waals surface area contributed by atoms with Crippen LogP contribution in [-0.2, 0) is 11.2 Å². The largest absolute Gasteiger partial charge is 0.444 e. The van der Waals surface area contributed by atoms with Gasteiger partial charge in [-0.2, -0.15) is 0 Å². The van der Waals surface area contributed by atoms with Crippen molar-refractivity contribution < 1.29 is 18.7 Å². The monoisotopic (exact) mass is 334 g/mol. The first-order valence-electron chi connectivity index (χ1n) is 7.90. The number of aromatic nitrogens is 1. The Morgan fingerprint density at radius 3 is 2.67 bits per heavy atom. The standard InChI is InChI=1S/C18H23FN2O3/c1-12(22)9-18(2,3)11-20-16(23)8-15-10-24-17(21-15)13-4-6-14(19)7-5-13/h4-7,10,12,22H,8-9,11H2,1-3H3,(H,20,23). The summed E-state index contributed by atoms with van der Waals surface area (Å²) in [5.41, 5.74) is 0.980. The maximum Gasteiger partial charge on any atom is 0.226 e. The zero-order chi connectivity index (χ0) is 17.7. The molecule has 2 rings (SSSR count). The van der Waals surface area contributed by atoms with Crippen molar-refractivity contribution in [3.8, 4) is 11.5 Å². The summed E-state index contributed by atoms with van der Waals surface area (Å²) in [7, 11) is 0. The molecule has 1 atom stereocenters. The average Bonchev–Trinajstić information content (AvgIpc) is 2.93. The SMILES string of the molecule is CC(O)CC(C)(C)CNC(=O)Cc1coc(-c2ccc(F)cc2)n1. The fourth-order valence-corrected chi connectivity index (χ4v) is 2.55. The van der Waals surface area contributed by atoms with Crippen molar-refractivity contribution in [3.63, 3.8) is 0 Å². The zero-order valence-corrected chi connectivity index (χ0v) is 14.2. The summed E-state index contributed by atoms with van der Waals surface area (Å²) in [5, 5.41) is 12.3. The molecule has 130 valence electrons. The van der Waals surface area contributed by atoms with Gasteiger partial charge in [-0.3, -0.25) is 4.79 Å². The number of nitrogens with one attached hydrogen (secondary N) is 1. The smallest absolute Gasteiger partial charge is 0.226 e. The molecule has 0 aliphatic carbocycles. The maximum atomic E-state index is 12.9. The van der Waals surface area contributed by atoms with E-state index < -0.39 is 6.10 Å². The first-order chi connectivity index (χ1) is 11.2. The molecule has 1 unspecified atom stereocenters. The van der Waals surface area contributed by atoms with Crippen LogP contribution in [-0.4, -0.2) is 28.6 Å². The Labute approximate surface area is 140 Å². The lowest BCUT2D eigenvalue weighted by molar-refractivity contribution is -0.121. The van der Waals surface area contributed by atoms with Crippen LogP contribution in [0, 0.1) is 11.2 Å². The molecule has 24 heavy (non-hydrogen) atoms. The normalized spacial score (nSPS) is 12.9. The van der Waals surface area contributed by atoms with E-state index >= 15 is 0 Å². The van der Waals surface area contributed by atoms with E-state index in [1.54, 1.807) is 19.1 Å².